The van der Waals surface area contributed by atoms with Crippen molar-refractivity contribution >= 4 is 35.1 Å². The molecule has 1 unspecified atom stereocenters. The highest BCUT2D eigenvalue weighted by Crippen LogP contribution is 2.52. The van der Waals surface area contributed by atoms with Gasteiger partial charge in [0, 0.05) is 23.4 Å². The lowest BCUT2D eigenvalue weighted by atomic mass is 9.86. The molecule has 1 atom stereocenters. The van der Waals surface area contributed by atoms with Crippen LogP contribution in [-0.4, -0.2) is 48.8 Å². The maximum Gasteiger partial charge on any atom is 0.418 e. The molecule has 0 spiro atoms. The molecule has 4 aromatic rings. The van der Waals surface area contributed by atoms with Gasteiger partial charge in [-0.3, -0.25) is 9.78 Å². The van der Waals surface area contributed by atoms with Gasteiger partial charge in [-0.15, -0.1) is 0 Å². The van der Waals surface area contributed by atoms with E-state index in [-0.39, 0.29) is 28.5 Å². The number of ketones is 1. The molecule has 12 heteroatoms. The zero-order valence-electron chi connectivity index (χ0n) is 25.3. The molecule has 3 aromatic heterocycles. The number of benzene rings is 1. The first-order chi connectivity index (χ1) is 20.0. The second-order valence-corrected chi connectivity index (χ2v) is 12.4. The predicted octanol–water partition coefficient (Wildman–Crippen LogP) is 6.50. The van der Waals surface area contributed by atoms with Crippen LogP contribution >= 0.6 is 0 Å². The van der Waals surface area contributed by atoms with Crippen LogP contribution in [0.5, 0.6) is 0 Å². The van der Waals surface area contributed by atoms with Crippen LogP contribution in [0.2, 0.25) is 0 Å². The Bertz CT molecular complexity index is 1770. The van der Waals surface area contributed by atoms with Crippen molar-refractivity contribution in [2.45, 2.75) is 72.3 Å². The van der Waals surface area contributed by atoms with Gasteiger partial charge in [-0.1, -0.05) is 18.2 Å². The number of carbonyl (C=O) groups is 3. The molecule has 43 heavy (non-hydrogen) atoms. The molecule has 1 aromatic carbocycles. The number of aromatic nitrogens is 4. The first-order valence-electron chi connectivity index (χ1n) is 13.7. The largest absolute Gasteiger partial charge is 0.443 e. The van der Waals surface area contributed by atoms with Gasteiger partial charge in [0.05, 0.1) is 29.3 Å². The van der Waals surface area contributed by atoms with Crippen LogP contribution in [0.1, 0.15) is 71.3 Å². The third-order valence-corrected chi connectivity index (χ3v) is 6.74. The van der Waals surface area contributed by atoms with E-state index in [0.717, 1.165) is 6.20 Å². The van der Waals surface area contributed by atoms with Crippen molar-refractivity contribution < 1.29 is 28.2 Å². The number of amides is 2. The van der Waals surface area contributed by atoms with Gasteiger partial charge in [-0.25, -0.2) is 28.8 Å². The monoisotopic (exact) mass is 588 g/mol. The SMILES string of the molecule is CC(=O)c1cnn2c(N(C(=O)OC(C)(C)C)C3(C)c4ccccc4N3C(=O)OC(C)(C)C)cc(-c3cncc(F)c3)nc12. The van der Waals surface area contributed by atoms with E-state index in [0.29, 0.717) is 16.8 Å². The summed E-state index contributed by atoms with van der Waals surface area (Å²) in [5, 5.41) is 4.41. The summed E-state index contributed by atoms with van der Waals surface area (Å²) in [4.78, 5) is 51.8. The summed E-state index contributed by atoms with van der Waals surface area (Å²) in [7, 11) is 0. The summed E-state index contributed by atoms with van der Waals surface area (Å²) in [6, 6.07) is 9.88. The van der Waals surface area contributed by atoms with Crippen LogP contribution in [0.25, 0.3) is 16.9 Å². The van der Waals surface area contributed by atoms with Crippen molar-refractivity contribution in [1.29, 1.82) is 0 Å². The fraction of sp³-hybridized carbons (Fsp3) is 0.355. The number of hydrogen-bond acceptors (Lipinski definition) is 8. The van der Waals surface area contributed by atoms with E-state index in [1.165, 1.54) is 45.8 Å². The highest BCUT2D eigenvalue weighted by molar-refractivity contribution is 6.03. The molecule has 4 heterocycles. The van der Waals surface area contributed by atoms with Gasteiger partial charge < -0.3 is 9.47 Å². The van der Waals surface area contributed by atoms with Gasteiger partial charge in [0.2, 0.25) is 0 Å². The number of pyridine rings is 1. The van der Waals surface area contributed by atoms with Crippen molar-refractivity contribution in [3.63, 3.8) is 0 Å². The molecule has 0 bridgehead atoms. The van der Waals surface area contributed by atoms with Gasteiger partial charge in [0.15, 0.2) is 17.1 Å². The average Bonchev–Trinajstić information content (AvgIpc) is 3.31. The number of rotatable bonds is 4. The van der Waals surface area contributed by atoms with E-state index in [2.05, 4.69) is 15.1 Å². The number of anilines is 2. The van der Waals surface area contributed by atoms with Crippen molar-refractivity contribution in [1.82, 2.24) is 19.6 Å². The molecule has 1 aliphatic rings. The minimum atomic E-state index is -1.49. The van der Waals surface area contributed by atoms with Crippen LogP contribution in [0.4, 0.5) is 25.5 Å². The Morgan fingerprint density at radius 3 is 2.26 bits per heavy atom. The highest BCUT2D eigenvalue weighted by atomic mass is 19.1. The molecular weight excluding hydrogens is 555 g/mol. The first-order valence-corrected chi connectivity index (χ1v) is 13.7. The summed E-state index contributed by atoms with van der Waals surface area (Å²) >= 11 is 0. The lowest BCUT2D eigenvalue weighted by Crippen LogP contribution is -2.68. The van der Waals surface area contributed by atoms with Crippen molar-refractivity contribution in [3.8, 4) is 11.3 Å². The second kappa shape index (κ2) is 10.1. The standard InChI is InChI=1S/C31H33FN6O5/c1-18(39)21-17-34-38-25(14-23(35-26(21)38)19-13-20(32)16-33-15-19)37(28(41)43-30(5,6)7)31(8)22-11-9-10-12-24(22)36(31)27(40)42-29(2,3)4/h9-17H,1-8H3. The molecule has 0 aliphatic carbocycles. The van der Waals surface area contributed by atoms with E-state index >= 15 is 0 Å². The smallest absolute Gasteiger partial charge is 0.418 e. The molecule has 0 radical (unpaired) electrons. The fourth-order valence-electron chi connectivity index (χ4n) is 5.03. The molecule has 224 valence electrons. The van der Waals surface area contributed by atoms with Gasteiger partial charge >= 0.3 is 12.2 Å². The third kappa shape index (κ3) is 5.28. The molecule has 1 aliphatic heterocycles. The Labute approximate surface area is 248 Å². The topological polar surface area (TPSA) is 119 Å². The summed E-state index contributed by atoms with van der Waals surface area (Å²) in [5.74, 6) is -0.806. The zero-order valence-corrected chi connectivity index (χ0v) is 25.3. The van der Waals surface area contributed by atoms with Crippen LogP contribution in [0.15, 0.2) is 55.0 Å². The second-order valence-electron chi connectivity index (χ2n) is 12.4. The predicted molar refractivity (Wildman–Crippen MR) is 157 cm³/mol. The summed E-state index contributed by atoms with van der Waals surface area (Å²) in [5.41, 5.74) is -1.27. The van der Waals surface area contributed by atoms with Crippen LogP contribution in [-0.2, 0) is 15.1 Å². The van der Waals surface area contributed by atoms with Gasteiger partial charge in [0.25, 0.3) is 0 Å². The van der Waals surface area contributed by atoms with Crippen LogP contribution in [0, 0.1) is 5.82 Å². The first kappa shape index (κ1) is 29.6. The number of para-hydroxylation sites is 1. The maximum absolute atomic E-state index is 14.3. The van der Waals surface area contributed by atoms with Crippen molar-refractivity contribution in [3.05, 3.63) is 71.9 Å². The third-order valence-electron chi connectivity index (χ3n) is 6.74. The molecule has 11 nitrogen and oxygen atoms in total. The van der Waals surface area contributed by atoms with Crippen molar-refractivity contribution in [2.24, 2.45) is 0 Å². The maximum atomic E-state index is 14.3. The Morgan fingerprint density at radius 2 is 1.63 bits per heavy atom. The molecule has 5 rings (SSSR count). The van der Waals surface area contributed by atoms with Crippen LogP contribution < -0.4 is 9.80 Å². The van der Waals surface area contributed by atoms with E-state index in [9.17, 15) is 18.8 Å². The molecule has 0 N–H and O–H groups in total. The molecule has 0 fully saturated rings. The number of carbonyl (C=O) groups excluding carboxylic acids is 3. The van der Waals surface area contributed by atoms with Gasteiger partial charge in [-0.2, -0.15) is 9.61 Å². The summed E-state index contributed by atoms with van der Waals surface area (Å²) < 4.78 is 27.3. The minimum absolute atomic E-state index is 0.108. The molecule has 0 saturated heterocycles. The summed E-state index contributed by atoms with van der Waals surface area (Å²) in [6.45, 7) is 13.5. The lowest BCUT2D eigenvalue weighted by molar-refractivity contribution is 0.0449. The highest BCUT2D eigenvalue weighted by Gasteiger charge is 2.58. The normalized spacial score (nSPS) is 16.3. The Morgan fingerprint density at radius 1 is 0.953 bits per heavy atom. The zero-order chi connectivity index (χ0) is 31.5. The fourth-order valence-corrected chi connectivity index (χ4v) is 5.03. The quantitative estimate of drug-likeness (QED) is 0.248. The number of hydrogen-bond donors (Lipinski definition) is 0. The molecule has 0 saturated carbocycles. The number of Topliss-reactive ketones (excluding diaryl/α,β-unsaturated/α-hetero) is 1. The Kier molecular flexibility index (Phi) is 6.99. The lowest BCUT2D eigenvalue weighted by Gasteiger charge is -2.55. The summed E-state index contributed by atoms with van der Waals surface area (Å²) in [6.07, 6.45) is 2.32. The average molecular weight is 589 g/mol. The van der Waals surface area contributed by atoms with Gasteiger partial charge in [0.1, 0.15) is 22.8 Å². The molecular formula is C31H33FN6O5. The van der Waals surface area contributed by atoms with E-state index in [1.807, 2.05) is 0 Å². The van der Waals surface area contributed by atoms with E-state index in [1.54, 1.807) is 72.7 Å². The Balaban J connectivity index is 1.83. The van der Waals surface area contributed by atoms with E-state index < -0.39 is 34.9 Å². The Hall–Kier alpha value is -4.87. The number of nitrogens with zero attached hydrogens (tertiary/aromatic N) is 6. The minimum Gasteiger partial charge on any atom is -0.443 e. The number of ether oxygens (including phenoxy) is 2. The molecule has 2 amide bonds. The van der Waals surface area contributed by atoms with Crippen LogP contribution in [0.3, 0.4) is 0 Å². The van der Waals surface area contributed by atoms with Gasteiger partial charge in [-0.05, 0) is 67.5 Å². The number of fused-ring (bicyclic) bond motifs is 2. The van der Waals surface area contributed by atoms with E-state index in [4.69, 9.17) is 9.47 Å². The van der Waals surface area contributed by atoms with Crippen molar-refractivity contribution in [2.75, 3.05) is 9.80 Å². The number of halogens is 1.